The van der Waals surface area contributed by atoms with E-state index in [0.717, 1.165) is 6.42 Å². The Bertz CT molecular complexity index is 565. The van der Waals surface area contributed by atoms with Gasteiger partial charge in [-0.1, -0.05) is 19.9 Å². The maximum Gasteiger partial charge on any atom is 0.251 e. The van der Waals surface area contributed by atoms with E-state index >= 15 is 0 Å². The molecule has 1 amide bonds. The first-order chi connectivity index (χ1) is 10.9. The van der Waals surface area contributed by atoms with Crippen LogP contribution in [0.2, 0.25) is 0 Å². The Kier molecular flexibility index (Phi) is 6.41. The predicted octanol–water partition coefficient (Wildman–Crippen LogP) is 3.76. The van der Waals surface area contributed by atoms with Gasteiger partial charge in [-0.05, 0) is 41.3 Å². The quantitative estimate of drug-likeness (QED) is 0.771. The Morgan fingerprint density at radius 1 is 1.43 bits per heavy atom. The third kappa shape index (κ3) is 4.67. The molecule has 0 aliphatic carbocycles. The van der Waals surface area contributed by atoms with E-state index < -0.39 is 11.9 Å². The molecule has 1 atom stereocenters. The Labute approximate surface area is 145 Å². The van der Waals surface area contributed by atoms with E-state index in [1.165, 1.54) is 0 Å². The Balaban J connectivity index is 2.03. The van der Waals surface area contributed by atoms with Gasteiger partial charge in [0.25, 0.3) is 5.91 Å². The molecule has 4 nitrogen and oxygen atoms in total. The van der Waals surface area contributed by atoms with Crippen molar-refractivity contribution in [3.05, 3.63) is 28.0 Å². The minimum absolute atomic E-state index is 0.0893. The summed E-state index contributed by atoms with van der Waals surface area (Å²) in [5.41, 5.74) is 0.672. The van der Waals surface area contributed by atoms with Gasteiger partial charge in [-0.15, -0.1) is 0 Å². The van der Waals surface area contributed by atoms with Gasteiger partial charge in [0.1, 0.15) is 12.7 Å². The van der Waals surface area contributed by atoms with Gasteiger partial charge >= 0.3 is 0 Å². The summed E-state index contributed by atoms with van der Waals surface area (Å²) in [5.74, 6) is 0.256. The summed E-state index contributed by atoms with van der Waals surface area (Å²) in [6.45, 7) is 7.57. The van der Waals surface area contributed by atoms with E-state index in [-0.39, 0.29) is 18.3 Å². The minimum atomic E-state index is -0.504. The summed E-state index contributed by atoms with van der Waals surface area (Å²) in [6.07, 6.45) is 0.415. The zero-order valence-corrected chi connectivity index (χ0v) is 15.4. The maximum absolute atomic E-state index is 14.1. The molecule has 0 bridgehead atoms. The number of carbonyl (C=O) groups excluding carboxylic acids is 1. The van der Waals surface area contributed by atoms with E-state index in [2.05, 4.69) is 29.8 Å². The number of fused-ring (bicyclic) bond motifs is 1. The van der Waals surface area contributed by atoms with Crippen LogP contribution < -0.4 is 4.74 Å². The molecule has 0 radical (unpaired) electrons. The fourth-order valence-corrected chi connectivity index (χ4v) is 2.70. The van der Waals surface area contributed by atoms with Gasteiger partial charge in [0.15, 0.2) is 11.6 Å². The highest BCUT2D eigenvalue weighted by atomic mass is 79.9. The number of nitrogens with zero attached hydrogens (tertiary/aromatic N) is 1. The van der Waals surface area contributed by atoms with Crippen LogP contribution in [0.25, 0.3) is 0 Å². The molecular weight excluding hydrogens is 365 g/mol. The molecule has 0 fully saturated rings. The number of benzene rings is 1. The van der Waals surface area contributed by atoms with Gasteiger partial charge < -0.3 is 14.4 Å². The molecule has 1 aromatic carbocycles. The molecule has 1 aromatic rings. The Morgan fingerprint density at radius 3 is 2.87 bits per heavy atom. The van der Waals surface area contributed by atoms with Crippen molar-refractivity contribution in [3.63, 3.8) is 0 Å². The van der Waals surface area contributed by atoms with Gasteiger partial charge in [-0.2, -0.15) is 0 Å². The molecule has 6 heteroatoms. The maximum atomic E-state index is 14.1. The highest BCUT2D eigenvalue weighted by Gasteiger charge is 2.26. The number of hydrogen-bond acceptors (Lipinski definition) is 3. The summed E-state index contributed by atoms with van der Waals surface area (Å²) in [5, 5.41) is 0. The summed E-state index contributed by atoms with van der Waals surface area (Å²) in [6, 6.07) is 3.41. The number of carbonyl (C=O) groups is 1. The molecular formula is C17H23BrFNO3. The normalized spacial score (nSPS) is 15.8. The highest BCUT2D eigenvalue weighted by molar-refractivity contribution is 9.10. The molecule has 0 N–H and O–H groups in total. The highest BCUT2D eigenvalue weighted by Crippen LogP contribution is 2.31. The van der Waals surface area contributed by atoms with Crippen LogP contribution in [0.15, 0.2) is 16.6 Å². The van der Waals surface area contributed by atoms with Crippen molar-refractivity contribution in [1.29, 1.82) is 0 Å². The molecule has 1 unspecified atom stereocenters. The van der Waals surface area contributed by atoms with Crippen LogP contribution in [0.3, 0.4) is 0 Å². The van der Waals surface area contributed by atoms with E-state index in [0.29, 0.717) is 35.7 Å². The zero-order valence-electron chi connectivity index (χ0n) is 13.8. The van der Waals surface area contributed by atoms with Crippen molar-refractivity contribution in [2.75, 3.05) is 19.8 Å². The van der Waals surface area contributed by atoms with Crippen LogP contribution in [-0.2, 0) is 16.1 Å². The minimum Gasteiger partial charge on any atom is -0.488 e. The van der Waals surface area contributed by atoms with E-state index in [1.54, 1.807) is 24.0 Å². The lowest BCUT2D eigenvalue weighted by atomic mass is 10.1. The SMILES string of the molecule is CC(C)CCOC(C)C(=O)N1CCOc2c(ccc(Br)c2F)C1. The van der Waals surface area contributed by atoms with Crippen molar-refractivity contribution in [3.8, 4) is 5.75 Å². The average Bonchev–Trinajstić information content (AvgIpc) is 2.72. The fraction of sp³-hybridized carbons (Fsp3) is 0.588. The van der Waals surface area contributed by atoms with Crippen LogP contribution in [0.1, 0.15) is 32.8 Å². The van der Waals surface area contributed by atoms with Gasteiger partial charge in [0, 0.05) is 18.7 Å². The van der Waals surface area contributed by atoms with Crippen molar-refractivity contribution in [2.45, 2.75) is 39.8 Å². The molecule has 128 valence electrons. The van der Waals surface area contributed by atoms with Crippen molar-refractivity contribution >= 4 is 21.8 Å². The molecule has 0 saturated carbocycles. The number of amides is 1. The Hall–Kier alpha value is -1.14. The summed E-state index contributed by atoms with van der Waals surface area (Å²) in [7, 11) is 0. The molecule has 1 aliphatic rings. The lowest BCUT2D eigenvalue weighted by Gasteiger charge is -2.24. The first-order valence-corrected chi connectivity index (χ1v) is 8.69. The van der Waals surface area contributed by atoms with Crippen LogP contribution in [0.5, 0.6) is 5.75 Å². The summed E-state index contributed by atoms with van der Waals surface area (Å²) < 4.78 is 25.6. The van der Waals surface area contributed by atoms with E-state index in [1.807, 2.05) is 0 Å². The largest absolute Gasteiger partial charge is 0.488 e. The zero-order chi connectivity index (χ0) is 17.0. The lowest BCUT2D eigenvalue weighted by Crippen LogP contribution is -2.40. The number of rotatable bonds is 5. The van der Waals surface area contributed by atoms with Gasteiger partial charge in [-0.3, -0.25) is 4.79 Å². The van der Waals surface area contributed by atoms with Crippen LogP contribution >= 0.6 is 15.9 Å². The number of ether oxygens (including phenoxy) is 2. The molecule has 23 heavy (non-hydrogen) atoms. The third-order valence-electron chi connectivity index (χ3n) is 3.82. The van der Waals surface area contributed by atoms with Gasteiger partial charge in [0.2, 0.25) is 0 Å². The topological polar surface area (TPSA) is 38.8 Å². The fourth-order valence-electron chi connectivity index (χ4n) is 2.39. The molecule has 0 saturated heterocycles. The smallest absolute Gasteiger partial charge is 0.251 e. The molecule has 1 aliphatic heterocycles. The molecule has 0 aromatic heterocycles. The molecule has 2 rings (SSSR count). The van der Waals surface area contributed by atoms with Crippen LogP contribution in [0, 0.1) is 11.7 Å². The van der Waals surface area contributed by atoms with Gasteiger partial charge in [-0.25, -0.2) is 4.39 Å². The first-order valence-electron chi connectivity index (χ1n) is 7.90. The standard InChI is InChI=1S/C17H23BrFNO3/c1-11(2)6-8-22-12(3)17(21)20-7-9-23-16-13(10-20)4-5-14(18)15(16)19/h4-5,11-12H,6-10H2,1-3H3. The Morgan fingerprint density at radius 2 is 2.17 bits per heavy atom. The van der Waals surface area contributed by atoms with Crippen LogP contribution in [-0.4, -0.2) is 36.7 Å². The van der Waals surface area contributed by atoms with Crippen molar-refractivity contribution < 1.29 is 18.7 Å². The van der Waals surface area contributed by atoms with E-state index in [9.17, 15) is 9.18 Å². The monoisotopic (exact) mass is 387 g/mol. The molecule has 0 spiro atoms. The third-order valence-corrected chi connectivity index (χ3v) is 4.44. The second-order valence-corrected chi connectivity index (χ2v) is 7.01. The first kappa shape index (κ1) is 18.2. The number of halogens is 2. The number of hydrogen-bond donors (Lipinski definition) is 0. The van der Waals surface area contributed by atoms with E-state index in [4.69, 9.17) is 9.47 Å². The summed E-state index contributed by atoms with van der Waals surface area (Å²) >= 11 is 3.15. The predicted molar refractivity (Wildman–Crippen MR) is 89.9 cm³/mol. The summed E-state index contributed by atoms with van der Waals surface area (Å²) in [4.78, 5) is 14.2. The second kappa shape index (κ2) is 8.11. The van der Waals surface area contributed by atoms with Crippen molar-refractivity contribution in [2.24, 2.45) is 5.92 Å². The van der Waals surface area contributed by atoms with Crippen molar-refractivity contribution in [1.82, 2.24) is 4.90 Å². The van der Waals surface area contributed by atoms with Gasteiger partial charge in [0.05, 0.1) is 11.0 Å². The second-order valence-electron chi connectivity index (χ2n) is 6.15. The van der Waals surface area contributed by atoms with Crippen LogP contribution in [0.4, 0.5) is 4.39 Å². The molecule has 1 heterocycles. The average molecular weight is 388 g/mol. The lowest BCUT2D eigenvalue weighted by molar-refractivity contribution is -0.143.